The van der Waals surface area contributed by atoms with E-state index in [1.165, 1.54) is 10.9 Å². The number of amides is 1. The molecule has 0 bridgehead atoms. The zero-order chi connectivity index (χ0) is 17.0. The summed E-state index contributed by atoms with van der Waals surface area (Å²) in [5, 5.41) is 19.5. The van der Waals surface area contributed by atoms with Gasteiger partial charge in [0, 0.05) is 5.02 Å². The van der Waals surface area contributed by atoms with Crippen LogP contribution in [0, 0.1) is 0 Å². The summed E-state index contributed by atoms with van der Waals surface area (Å²) in [5.41, 5.74) is 0.401. The first kappa shape index (κ1) is 17.0. The summed E-state index contributed by atoms with van der Waals surface area (Å²) in [6.07, 6.45) is 1.48. The maximum atomic E-state index is 12.5. The Morgan fingerprint density at radius 2 is 2.04 bits per heavy atom. The Hall–Kier alpha value is -2.41. The zero-order valence-corrected chi connectivity index (χ0v) is 13.5. The molecule has 23 heavy (non-hydrogen) atoms. The number of nitrogens with one attached hydrogen (secondary N) is 1. The Labute approximate surface area is 138 Å². The molecule has 0 fully saturated rings. The largest absolute Gasteiger partial charge is 0.480 e. The number of nitrogens with zero attached hydrogens (tertiary/aromatic N) is 3. The third-order valence-electron chi connectivity index (χ3n) is 3.43. The van der Waals surface area contributed by atoms with E-state index in [2.05, 4.69) is 15.6 Å². The molecule has 2 N–H and O–H groups in total. The average molecular weight is 337 g/mol. The molecule has 1 amide bonds. The molecular weight excluding hydrogens is 320 g/mol. The normalized spacial score (nSPS) is 11.3. The summed E-state index contributed by atoms with van der Waals surface area (Å²) < 4.78 is 1.20. The molecule has 0 aliphatic carbocycles. The van der Waals surface area contributed by atoms with Crippen molar-refractivity contribution in [3.05, 3.63) is 46.7 Å². The number of carboxylic acids is 1. The molecule has 0 atom stereocenters. The highest BCUT2D eigenvalue weighted by atomic mass is 35.5. The molecule has 122 valence electrons. The number of benzene rings is 1. The van der Waals surface area contributed by atoms with Crippen molar-refractivity contribution in [2.45, 2.75) is 32.4 Å². The number of hydrogen-bond acceptors (Lipinski definition) is 4. The highest BCUT2D eigenvalue weighted by Gasteiger charge is 2.31. The number of aliphatic carboxylic acids is 1. The first-order valence-electron chi connectivity index (χ1n) is 6.95. The van der Waals surface area contributed by atoms with Gasteiger partial charge in [-0.3, -0.25) is 9.59 Å². The minimum absolute atomic E-state index is 0.159. The lowest BCUT2D eigenvalue weighted by molar-refractivity contribution is -0.138. The van der Waals surface area contributed by atoms with Crippen molar-refractivity contribution >= 4 is 23.5 Å². The first-order chi connectivity index (χ1) is 10.8. The maximum absolute atomic E-state index is 12.5. The number of hydrogen-bond donors (Lipinski definition) is 2. The second-order valence-electron chi connectivity index (χ2n) is 5.59. The van der Waals surface area contributed by atoms with Crippen LogP contribution in [0.5, 0.6) is 0 Å². The van der Waals surface area contributed by atoms with Crippen LogP contribution in [0.15, 0.2) is 30.5 Å². The van der Waals surface area contributed by atoms with Gasteiger partial charge in [0.2, 0.25) is 5.91 Å². The lowest BCUT2D eigenvalue weighted by Crippen LogP contribution is -2.40. The quantitative estimate of drug-likeness (QED) is 0.835. The van der Waals surface area contributed by atoms with Crippen molar-refractivity contribution in [3.8, 4) is 0 Å². The molecule has 0 aliphatic rings. The van der Waals surface area contributed by atoms with Crippen LogP contribution in [-0.4, -0.2) is 32.0 Å². The molecule has 2 aromatic rings. The first-order valence-corrected chi connectivity index (χ1v) is 7.32. The molecule has 1 aromatic heterocycles. The molecule has 0 unspecified atom stereocenters. The highest BCUT2D eigenvalue weighted by Crippen LogP contribution is 2.29. The van der Waals surface area contributed by atoms with Crippen molar-refractivity contribution in [1.29, 1.82) is 0 Å². The van der Waals surface area contributed by atoms with Crippen LogP contribution < -0.4 is 5.32 Å². The van der Waals surface area contributed by atoms with Crippen LogP contribution >= 0.6 is 11.6 Å². The summed E-state index contributed by atoms with van der Waals surface area (Å²) in [5.74, 6) is -1.22. The lowest BCUT2D eigenvalue weighted by Gasteiger charge is -2.25. The van der Waals surface area contributed by atoms with Crippen LogP contribution in [0.1, 0.15) is 25.1 Å². The third-order valence-corrected chi connectivity index (χ3v) is 3.76. The van der Waals surface area contributed by atoms with Gasteiger partial charge in [-0.2, -0.15) is 0 Å². The highest BCUT2D eigenvalue weighted by molar-refractivity contribution is 6.31. The van der Waals surface area contributed by atoms with Gasteiger partial charge in [-0.25, -0.2) is 4.68 Å². The second kappa shape index (κ2) is 6.78. The van der Waals surface area contributed by atoms with Gasteiger partial charge in [0.05, 0.1) is 18.2 Å². The standard InChI is InChI=1S/C15H17ClN4O3/c1-15(2,11-5-3-4-6-12(11)16)14(23)17-7-10-8-20(19-18-10)9-13(21)22/h3-6,8H,7,9H2,1-2H3,(H,17,23)(H,21,22). The Morgan fingerprint density at radius 1 is 1.35 bits per heavy atom. The molecule has 1 aromatic carbocycles. The van der Waals surface area contributed by atoms with Crippen LogP contribution in [0.4, 0.5) is 0 Å². The monoisotopic (exact) mass is 336 g/mol. The Morgan fingerprint density at radius 3 is 2.70 bits per heavy atom. The lowest BCUT2D eigenvalue weighted by atomic mass is 9.83. The molecule has 0 saturated heterocycles. The van der Waals surface area contributed by atoms with Gasteiger partial charge in [-0.1, -0.05) is 35.0 Å². The summed E-state index contributed by atoms with van der Waals surface area (Å²) >= 11 is 6.16. The number of carbonyl (C=O) groups excluding carboxylic acids is 1. The molecule has 0 radical (unpaired) electrons. The van der Waals surface area contributed by atoms with Crippen molar-refractivity contribution < 1.29 is 14.7 Å². The van der Waals surface area contributed by atoms with Crippen molar-refractivity contribution in [2.24, 2.45) is 0 Å². The van der Waals surface area contributed by atoms with Gasteiger partial charge < -0.3 is 10.4 Å². The van der Waals surface area contributed by atoms with Crippen LogP contribution in [0.3, 0.4) is 0 Å². The minimum atomic E-state index is -1.01. The van der Waals surface area contributed by atoms with Crippen LogP contribution in [0.25, 0.3) is 0 Å². The third kappa shape index (κ3) is 4.07. The fraction of sp³-hybridized carbons (Fsp3) is 0.333. The Bertz CT molecular complexity index is 727. The number of carbonyl (C=O) groups is 2. The van der Waals surface area contributed by atoms with E-state index < -0.39 is 11.4 Å². The van der Waals surface area contributed by atoms with Crippen molar-refractivity contribution in [3.63, 3.8) is 0 Å². The van der Waals surface area contributed by atoms with E-state index in [4.69, 9.17) is 16.7 Å². The van der Waals surface area contributed by atoms with E-state index in [1.807, 2.05) is 12.1 Å². The van der Waals surface area contributed by atoms with Crippen molar-refractivity contribution in [1.82, 2.24) is 20.3 Å². The average Bonchev–Trinajstić information content (AvgIpc) is 2.91. The van der Waals surface area contributed by atoms with Gasteiger partial charge >= 0.3 is 5.97 Å². The summed E-state index contributed by atoms with van der Waals surface area (Å²) in [6, 6.07) is 7.18. The SMILES string of the molecule is CC(C)(C(=O)NCc1cn(CC(=O)O)nn1)c1ccccc1Cl. The van der Waals surface area contributed by atoms with E-state index in [9.17, 15) is 9.59 Å². The molecule has 0 spiro atoms. The molecule has 8 heteroatoms. The zero-order valence-electron chi connectivity index (χ0n) is 12.8. The van der Waals surface area contributed by atoms with Crippen LogP contribution in [0.2, 0.25) is 5.02 Å². The van der Waals surface area contributed by atoms with Gasteiger partial charge in [0.25, 0.3) is 0 Å². The van der Waals surface area contributed by atoms with Crippen molar-refractivity contribution in [2.75, 3.05) is 0 Å². The van der Waals surface area contributed by atoms with Gasteiger partial charge in [0.15, 0.2) is 0 Å². The van der Waals surface area contributed by atoms with E-state index >= 15 is 0 Å². The van der Waals surface area contributed by atoms with E-state index in [-0.39, 0.29) is 19.0 Å². The number of aromatic nitrogens is 3. The van der Waals surface area contributed by atoms with Gasteiger partial charge in [-0.15, -0.1) is 5.10 Å². The fourth-order valence-electron chi connectivity index (χ4n) is 2.12. The van der Waals surface area contributed by atoms with Gasteiger partial charge in [0.1, 0.15) is 12.2 Å². The maximum Gasteiger partial charge on any atom is 0.325 e. The van der Waals surface area contributed by atoms with Crippen LogP contribution in [-0.2, 0) is 28.1 Å². The number of carboxylic acid groups (broad SMARTS) is 1. The molecule has 7 nitrogen and oxygen atoms in total. The second-order valence-corrected chi connectivity index (χ2v) is 6.00. The summed E-state index contributed by atoms with van der Waals surface area (Å²) in [6.45, 7) is 3.45. The topological polar surface area (TPSA) is 97.1 Å². The molecule has 1 heterocycles. The predicted molar refractivity (Wildman–Crippen MR) is 84.0 cm³/mol. The molecule has 0 saturated carbocycles. The smallest absolute Gasteiger partial charge is 0.325 e. The van der Waals surface area contributed by atoms with E-state index in [0.717, 1.165) is 5.56 Å². The fourth-order valence-corrected chi connectivity index (χ4v) is 2.49. The summed E-state index contributed by atoms with van der Waals surface area (Å²) in [4.78, 5) is 23.0. The predicted octanol–water partition coefficient (Wildman–Crippen LogP) is 1.61. The van der Waals surface area contributed by atoms with E-state index in [0.29, 0.717) is 10.7 Å². The van der Waals surface area contributed by atoms with E-state index in [1.54, 1.807) is 26.0 Å². The molecule has 2 rings (SSSR count). The minimum Gasteiger partial charge on any atom is -0.480 e. The summed E-state index contributed by atoms with van der Waals surface area (Å²) in [7, 11) is 0. The molecular formula is C15H17ClN4O3. The van der Waals surface area contributed by atoms with Gasteiger partial charge in [-0.05, 0) is 25.5 Å². The molecule has 0 aliphatic heterocycles. The number of halogens is 1. The Balaban J connectivity index is 2.03. The Kier molecular flexibility index (Phi) is 5.00. The number of rotatable bonds is 6.